The van der Waals surface area contributed by atoms with E-state index in [-0.39, 0.29) is 12.2 Å². The van der Waals surface area contributed by atoms with Gasteiger partial charge in [0, 0.05) is 17.0 Å². The molecule has 0 radical (unpaired) electrons. The van der Waals surface area contributed by atoms with Crippen LogP contribution in [0.1, 0.15) is 16.1 Å². The molecule has 0 bridgehead atoms. The van der Waals surface area contributed by atoms with Crippen molar-refractivity contribution in [3.05, 3.63) is 76.9 Å². The summed E-state index contributed by atoms with van der Waals surface area (Å²) in [6.07, 6.45) is 0. The Bertz CT molecular complexity index is 960. The number of aliphatic hydroxyl groups excluding tert-OH is 1. The summed E-state index contributed by atoms with van der Waals surface area (Å²) in [4.78, 5) is 28.9. The third-order valence-corrected chi connectivity index (χ3v) is 4.27. The van der Waals surface area contributed by atoms with E-state index in [9.17, 15) is 14.7 Å². The minimum atomic E-state index is -1.07. The first kappa shape index (κ1) is 18.8. The molecule has 138 valence electrons. The number of aliphatic hydroxyl groups is 1. The monoisotopic (exact) mass is 383 g/mol. The second kappa shape index (κ2) is 8.62. The maximum Gasteiger partial charge on any atom is 0.270 e. The number of rotatable bonds is 6. The summed E-state index contributed by atoms with van der Waals surface area (Å²) in [6, 6.07) is 16.7. The van der Waals surface area contributed by atoms with E-state index in [4.69, 9.17) is 11.6 Å². The van der Waals surface area contributed by atoms with Crippen molar-refractivity contribution in [3.63, 3.8) is 0 Å². The molecule has 2 aromatic carbocycles. The minimum absolute atomic E-state index is 0.178. The number of carbonyl (C=O) groups is 2. The molecule has 0 aliphatic carbocycles. The van der Waals surface area contributed by atoms with Crippen molar-refractivity contribution in [3.8, 4) is 0 Å². The third kappa shape index (κ3) is 4.81. The number of carbonyl (C=O) groups excluding carboxylic acids is 2. The zero-order valence-corrected chi connectivity index (χ0v) is 15.1. The predicted octanol–water partition coefficient (Wildman–Crippen LogP) is 2.30. The van der Waals surface area contributed by atoms with Crippen molar-refractivity contribution in [2.45, 2.75) is 12.6 Å². The van der Waals surface area contributed by atoms with Crippen LogP contribution >= 0.6 is 11.6 Å². The molecular formula is C20H18ClN3O3. The van der Waals surface area contributed by atoms with E-state index in [0.29, 0.717) is 10.5 Å². The van der Waals surface area contributed by atoms with Gasteiger partial charge in [-0.3, -0.25) is 9.59 Å². The van der Waals surface area contributed by atoms with Crippen molar-refractivity contribution < 1.29 is 14.7 Å². The lowest BCUT2D eigenvalue weighted by atomic mass is 10.2. The summed E-state index contributed by atoms with van der Waals surface area (Å²) >= 11 is 5.83. The molecule has 27 heavy (non-hydrogen) atoms. The van der Waals surface area contributed by atoms with Gasteiger partial charge in [0.1, 0.15) is 11.7 Å². The van der Waals surface area contributed by atoms with Crippen LogP contribution in [0.5, 0.6) is 0 Å². The molecule has 3 rings (SSSR count). The Morgan fingerprint density at radius 1 is 1.04 bits per heavy atom. The minimum Gasteiger partial charge on any atom is -0.394 e. The number of fused-ring (bicyclic) bond motifs is 1. The van der Waals surface area contributed by atoms with Gasteiger partial charge in [0.2, 0.25) is 5.91 Å². The van der Waals surface area contributed by atoms with Crippen LogP contribution in [0.25, 0.3) is 10.9 Å². The van der Waals surface area contributed by atoms with Gasteiger partial charge >= 0.3 is 0 Å². The molecule has 2 amide bonds. The summed E-state index contributed by atoms with van der Waals surface area (Å²) in [5.41, 5.74) is 1.71. The fraction of sp³-hybridized carbons (Fsp3) is 0.150. The van der Waals surface area contributed by atoms with Crippen LogP contribution in [0.2, 0.25) is 5.02 Å². The first-order valence-electron chi connectivity index (χ1n) is 8.36. The zero-order chi connectivity index (χ0) is 19.2. The van der Waals surface area contributed by atoms with Gasteiger partial charge in [0.15, 0.2) is 0 Å². The van der Waals surface area contributed by atoms with E-state index in [1.165, 1.54) is 0 Å². The van der Waals surface area contributed by atoms with Crippen LogP contribution in [0.3, 0.4) is 0 Å². The van der Waals surface area contributed by atoms with Crippen molar-refractivity contribution in [1.82, 2.24) is 15.6 Å². The molecule has 3 N–H and O–H groups in total. The number of nitrogens with one attached hydrogen (secondary N) is 2. The van der Waals surface area contributed by atoms with Crippen molar-refractivity contribution in [2.75, 3.05) is 6.61 Å². The molecule has 0 saturated carbocycles. The standard InChI is InChI=1S/C20H18ClN3O3/c21-15-8-5-13(6-9-15)11-22-19(26)18(12-25)24-20(27)17-10-7-14-3-1-2-4-16(14)23-17/h1-10,18,25H,11-12H2,(H,22,26)(H,24,27). The molecule has 0 aliphatic heterocycles. The molecule has 1 heterocycles. The number of pyridine rings is 1. The van der Waals surface area contributed by atoms with Gasteiger partial charge in [-0.2, -0.15) is 0 Å². The summed E-state index contributed by atoms with van der Waals surface area (Å²) < 4.78 is 0. The maximum absolute atomic E-state index is 12.4. The lowest BCUT2D eigenvalue weighted by Crippen LogP contribution is -2.48. The zero-order valence-electron chi connectivity index (χ0n) is 14.4. The van der Waals surface area contributed by atoms with Gasteiger partial charge in [-0.15, -0.1) is 0 Å². The van der Waals surface area contributed by atoms with Crippen LogP contribution in [-0.4, -0.2) is 34.6 Å². The topological polar surface area (TPSA) is 91.3 Å². The van der Waals surface area contributed by atoms with Crippen molar-refractivity contribution >= 4 is 34.3 Å². The Morgan fingerprint density at radius 3 is 2.52 bits per heavy atom. The van der Waals surface area contributed by atoms with Gasteiger partial charge in [-0.25, -0.2) is 4.98 Å². The molecule has 1 unspecified atom stereocenters. The second-order valence-electron chi connectivity index (χ2n) is 5.94. The average molecular weight is 384 g/mol. The Hall–Kier alpha value is -2.96. The quantitative estimate of drug-likeness (QED) is 0.609. The van der Waals surface area contributed by atoms with Gasteiger partial charge in [0.05, 0.1) is 12.1 Å². The van der Waals surface area contributed by atoms with E-state index in [0.717, 1.165) is 10.9 Å². The SMILES string of the molecule is O=C(NC(CO)C(=O)NCc1ccc(Cl)cc1)c1ccc2ccccc2n1. The normalized spacial score (nSPS) is 11.8. The maximum atomic E-state index is 12.4. The molecule has 0 spiro atoms. The van der Waals surface area contributed by atoms with Crippen molar-refractivity contribution in [2.24, 2.45) is 0 Å². The summed E-state index contributed by atoms with van der Waals surface area (Å²) in [6.45, 7) is -0.262. The van der Waals surface area contributed by atoms with E-state index >= 15 is 0 Å². The number of hydrogen-bond donors (Lipinski definition) is 3. The highest BCUT2D eigenvalue weighted by Gasteiger charge is 2.21. The predicted molar refractivity (Wildman–Crippen MR) is 103 cm³/mol. The lowest BCUT2D eigenvalue weighted by molar-refractivity contribution is -0.124. The van der Waals surface area contributed by atoms with Gasteiger partial charge in [-0.1, -0.05) is 48.0 Å². The highest BCUT2D eigenvalue weighted by molar-refractivity contribution is 6.30. The van der Waals surface area contributed by atoms with E-state index in [2.05, 4.69) is 15.6 Å². The van der Waals surface area contributed by atoms with E-state index < -0.39 is 24.5 Å². The van der Waals surface area contributed by atoms with Crippen LogP contribution in [-0.2, 0) is 11.3 Å². The van der Waals surface area contributed by atoms with E-state index in [1.54, 1.807) is 42.5 Å². The molecule has 1 aromatic heterocycles. The number of hydrogen-bond acceptors (Lipinski definition) is 4. The molecule has 6 nitrogen and oxygen atoms in total. The third-order valence-electron chi connectivity index (χ3n) is 4.02. The van der Waals surface area contributed by atoms with Crippen LogP contribution in [0.4, 0.5) is 0 Å². The Kier molecular flexibility index (Phi) is 6.01. The van der Waals surface area contributed by atoms with Crippen LogP contribution in [0, 0.1) is 0 Å². The number of amides is 2. The molecular weight excluding hydrogens is 366 g/mol. The fourth-order valence-corrected chi connectivity index (χ4v) is 2.66. The molecule has 3 aromatic rings. The first-order valence-corrected chi connectivity index (χ1v) is 8.74. The van der Waals surface area contributed by atoms with Crippen LogP contribution < -0.4 is 10.6 Å². The van der Waals surface area contributed by atoms with Crippen LogP contribution in [0.15, 0.2) is 60.7 Å². The molecule has 7 heteroatoms. The molecule has 0 fully saturated rings. The van der Waals surface area contributed by atoms with Gasteiger partial charge < -0.3 is 15.7 Å². The Labute approximate surface area is 161 Å². The Balaban J connectivity index is 1.63. The average Bonchev–Trinajstić information content (AvgIpc) is 2.70. The van der Waals surface area contributed by atoms with E-state index in [1.807, 2.05) is 18.2 Å². The Morgan fingerprint density at radius 2 is 1.78 bits per heavy atom. The summed E-state index contributed by atoms with van der Waals surface area (Å²) in [5.74, 6) is -1.01. The second-order valence-corrected chi connectivity index (χ2v) is 6.38. The van der Waals surface area contributed by atoms with Crippen molar-refractivity contribution in [1.29, 1.82) is 0 Å². The number of benzene rings is 2. The summed E-state index contributed by atoms with van der Waals surface area (Å²) in [5, 5.41) is 16.2. The summed E-state index contributed by atoms with van der Waals surface area (Å²) in [7, 11) is 0. The highest BCUT2D eigenvalue weighted by Crippen LogP contribution is 2.12. The molecule has 0 saturated heterocycles. The number of aromatic nitrogens is 1. The highest BCUT2D eigenvalue weighted by atomic mass is 35.5. The number of para-hydroxylation sites is 1. The fourth-order valence-electron chi connectivity index (χ4n) is 2.53. The molecule has 0 aliphatic rings. The van der Waals surface area contributed by atoms with Gasteiger partial charge in [0.25, 0.3) is 5.91 Å². The number of nitrogens with zero attached hydrogens (tertiary/aromatic N) is 1. The van der Waals surface area contributed by atoms with Gasteiger partial charge in [-0.05, 0) is 29.8 Å². The lowest BCUT2D eigenvalue weighted by Gasteiger charge is -2.16. The largest absolute Gasteiger partial charge is 0.394 e. The molecule has 1 atom stereocenters. The number of halogens is 1. The first-order chi connectivity index (χ1) is 13.1. The smallest absolute Gasteiger partial charge is 0.270 e.